The summed E-state index contributed by atoms with van der Waals surface area (Å²) in [6.45, 7) is 0.813. The molecule has 0 bridgehead atoms. The highest BCUT2D eigenvalue weighted by molar-refractivity contribution is 7.99. The molecular weight excluding hydrogens is 396 g/mol. The van der Waals surface area contributed by atoms with Gasteiger partial charge in [0.2, 0.25) is 0 Å². The lowest BCUT2D eigenvalue weighted by atomic mass is 9.97. The number of para-hydroxylation sites is 1. The van der Waals surface area contributed by atoms with Gasteiger partial charge in [-0.25, -0.2) is 4.99 Å². The lowest BCUT2D eigenvalue weighted by Gasteiger charge is -2.26. The van der Waals surface area contributed by atoms with Crippen LogP contribution in [0.15, 0.2) is 118 Å². The van der Waals surface area contributed by atoms with Crippen LogP contribution < -0.4 is 4.90 Å². The first-order chi connectivity index (χ1) is 15.3. The van der Waals surface area contributed by atoms with Crippen molar-refractivity contribution < 1.29 is 0 Å². The van der Waals surface area contributed by atoms with Crippen molar-refractivity contribution >= 4 is 51.0 Å². The number of nitrogens with zero attached hydrogens (tertiary/aromatic N) is 2. The maximum Gasteiger partial charge on any atom is 0.0960 e. The molecule has 0 N–H and O–H groups in total. The third-order valence-electron chi connectivity index (χ3n) is 5.78. The third-order valence-corrected chi connectivity index (χ3v) is 6.84. The van der Waals surface area contributed by atoms with Crippen LogP contribution in [0, 0.1) is 0 Å². The van der Waals surface area contributed by atoms with Gasteiger partial charge in [0.15, 0.2) is 0 Å². The Bertz CT molecular complexity index is 1430. The molecule has 0 radical (unpaired) electrons. The number of anilines is 1. The lowest BCUT2D eigenvalue weighted by molar-refractivity contribution is 1.01. The molecule has 3 heteroatoms. The van der Waals surface area contributed by atoms with Crippen LogP contribution in [-0.4, -0.2) is 6.34 Å². The van der Waals surface area contributed by atoms with Gasteiger partial charge >= 0.3 is 0 Å². The molecule has 0 fully saturated rings. The van der Waals surface area contributed by atoms with Crippen LogP contribution >= 0.6 is 11.8 Å². The molecule has 1 aliphatic heterocycles. The van der Waals surface area contributed by atoms with E-state index in [1.165, 1.54) is 36.9 Å². The fourth-order valence-corrected chi connectivity index (χ4v) is 5.22. The SMILES string of the molecule is C1=Nc2cc(Sc3ccccc3)c3cc4ccccc4cc3c2CN1c1ccccc1. The first kappa shape index (κ1) is 18.2. The normalized spacial score (nSPS) is 13.0. The Morgan fingerprint density at radius 1 is 0.677 bits per heavy atom. The van der Waals surface area contributed by atoms with Crippen LogP contribution in [-0.2, 0) is 6.54 Å². The van der Waals surface area contributed by atoms with Crippen LogP contribution in [0.1, 0.15) is 5.56 Å². The molecule has 2 nitrogen and oxygen atoms in total. The zero-order valence-corrected chi connectivity index (χ0v) is 17.7. The molecule has 31 heavy (non-hydrogen) atoms. The first-order valence-corrected chi connectivity index (χ1v) is 11.2. The van der Waals surface area contributed by atoms with Gasteiger partial charge in [0.1, 0.15) is 0 Å². The molecule has 5 aromatic rings. The zero-order valence-electron chi connectivity index (χ0n) is 16.9. The summed E-state index contributed by atoms with van der Waals surface area (Å²) in [6, 6.07) is 36.6. The summed E-state index contributed by atoms with van der Waals surface area (Å²) in [5, 5.41) is 5.10. The van der Waals surface area contributed by atoms with Gasteiger partial charge < -0.3 is 4.90 Å². The fraction of sp³-hybridized carbons (Fsp3) is 0.0357. The molecule has 1 heterocycles. The van der Waals surface area contributed by atoms with E-state index in [2.05, 4.69) is 102 Å². The molecule has 0 aromatic heterocycles. The number of hydrogen-bond donors (Lipinski definition) is 0. The minimum atomic E-state index is 0.813. The van der Waals surface area contributed by atoms with Crippen molar-refractivity contribution in [2.45, 2.75) is 16.3 Å². The number of hydrogen-bond acceptors (Lipinski definition) is 3. The summed E-state index contributed by atoms with van der Waals surface area (Å²) in [4.78, 5) is 9.58. The molecule has 0 spiro atoms. The van der Waals surface area contributed by atoms with Gasteiger partial charge in [-0.2, -0.15) is 0 Å². The Balaban J connectivity index is 1.56. The molecule has 0 unspecified atom stereocenters. The number of benzene rings is 5. The largest absolute Gasteiger partial charge is 0.328 e. The van der Waals surface area contributed by atoms with Gasteiger partial charge in [-0.3, -0.25) is 0 Å². The summed E-state index contributed by atoms with van der Waals surface area (Å²) in [5.41, 5.74) is 3.51. The van der Waals surface area contributed by atoms with Crippen LogP contribution in [0.3, 0.4) is 0 Å². The van der Waals surface area contributed by atoms with Gasteiger partial charge in [-0.15, -0.1) is 0 Å². The van der Waals surface area contributed by atoms with Gasteiger partial charge in [0.05, 0.1) is 18.6 Å². The second kappa shape index (κ2) is 7.60. The van der Waals surface area contributed by atoms with Crippen LogP contribution in [0.2, 0.25) is 0 Å². The van der Waals surface area contributed by atoms with Gasteiger partial charge in [0.25, 0.3) is 0 Å². The molecule has 0 aliphatic carbocycles. The lowest BCUT2D eigenvalue weighted by Crippen LogP contribution is -2.23. The minimum absolute atomic E-state index is 0.813. The van der Waals surface area contributed by atoms with Crippen molar-refractivity contribution in [3.05, 3.63) is 109 Å². The second-order valence-electron chi connectivity index (χ2n) is 7.74. The van der Waals surface area contributed by atoms with Crippen molar-refractivity contribution in [3.63, 3.8) is 0 Å². The highest BCUT2D eigenvalue weighted by Gasteiger charge is 2.19. The summed E-state index contributed by atoms with van der Waals surface area (Å²) in [6.07, 6.45) is 1.96. The van der Waals surface area contributed by atoms with E-state index in [-0.39, 0.29) is 0 Å². The molecule has 5 aromatic carbocycles. The quantitative estimate of drug-likeness (QED) is 0.279. The summed E-state index contributed by atoms with van der Waals surface area (Å²) in [5.74, 6) is 0. The highest BCUT2D eigenvalue weighted by Crippen LogP contribution is 2.42. The Kier molecular flexibility index (Phi) is 4.47. The molecular formula is C28H20N2S. The van der Waals surface area contributed by atoms with Gasteiger partial charge in [-0.05, 0) is 64.0 Å². The zero-order chi connectivity index (χ0) is 20.6. The average Bonchev–Trinajstić information content (AvgIpc) is 2.84. The Labute approximate surface area is 185 Å². The third kappa shape index (κ3) is 3.37. The van der Waals surface area contributed by atoms with E-state index in [1.807, 2.05) is 24.2 Å². The number of fused-ring (bicyclic) bond motifs is 4. The molecule has 148 valence electrons. The maximum absolute atomic E-state index is 4.87. The summed E-state index contributed by atoms with van der Waals surface area (Å²) >= 11 is 1.81. The van der Waals surface area contributed by atoms with Crippen molar-refractivity contribution in [2.75, 3.05) is 4.90 Å². The smallest absolute Gasteiger partial charge is 0.0960 e. The topological polar surface area (TPSA) is 15.6 Å². The average molecular weight is 417 g/mol. The number of aliphatic imine (C=N–C) groups is 1. The highest BCUT2D eigenvalue weighted by atomic mass is 32.2. The molecule has 6 rings (SSSR count). The Hall–Kier alpha value is -3.56. The van der Waals surface area contributed by atoms with E-state index in [4.69, 9.17) is 4.99 Å². The Morgan fingerprint density at radius 2 is 1.32 bits per heavy atom. The molecule has 0 saturated carbocycles. The molecule has 0 saturated heterocycles. The van der Waals surface area contributed by atoms with Gasteiger partial charge in [0, 0.05) is 21.0 Å². The summed E-state index contributed by atoms with van der Waals surface area (Å²) < 4.78 is 0. The van der Waals surface area contributed by atoms with E-state index < -0.39 is 0 Å². The molecule has 0 atom stereocenters. The molecule has 1 aliphatic rings. The van der Waals surface area contributed by atoms with Crippen molar-refractivity contribution in [2.24, 2.45) is 4.99 Å². The van der Waals surface area contributed by atoms with E-state index in [1.54, 1.807) is 0 Å². The van der Waals surface area contributed by atoms with Gasteiger partial charge in [-0.1, -0.05) is 72.4 Å². The summed E-state index contributed by atoms with van der Waals surface area (Å²) in [7, 11) is 0. The van der Waals surface area contributed by atoms with Crippen molar-refractivity contribution in [3.8, 4) is 0 Å². The molecule has 0 amide bonds. The first-order valence-electron chi connectivity index (χ1n) is 10.4. The predicted octanol–water partition coefficient (Wildman–Crippen LogP) is 7.82. The predicted molar refractivity (Wildman–Crippen MR) is 133 cm³/mol. The van der Waals surface area contributed by atoms with E-state index in [0.29, 0.717) is 0 Å². The Morgan fingerprint density at radius 3 is 2.06 bits per heavy atom. The second-order valence-corrected chi connectivity index (χ2v) is 8.86. The minimum Gasteiger partial charge on any atom is -0.328 e. The van der Waals surface area contributed by atoms with E-state index in [0.717, 1.165) is 17.9 Å². The van der Waals surface area contributed by atoms with Crippen LogP contribution in [0.5, 0.6) is 0 Å². The van der Waals surface area contributed by atoms with Crippen molar-refractivity contribution in [1.29, 1.82) is 0 Å². The standard InChI is InChI=1S/C28H20N2S/c1-3-11-22(12-4-1)30-18-26-24-15-20-9-7-8-10-21(20)16-25(24)28(17-27(26)29-19-30)31-23-13-5-2-6-14-23/h1-17,19H,18H2. The van der Waals surface area contributed by atoms with Crippen LogP contribution in [0.25, 0.3) is 21.5 Å². The number of rotatable bonds is 3. The monoisotopic (exact) mass is 416 g/mol. The fourth-order valence-electron chi connectivity index (χ4n) is 4.22. The van der Waals surface area contributed by atoms with Crippen LogP contribution in [0.4, 0.5) is 11.4 Å². The maximum atomic E-state index is 4.87. The van der Waals surface area contributed by atoms with Crippen molar-refractivity contribution in [1.82, 2.24) is 0 Å². The van der Waals surface area contributed by atoms with E-state index in [9.17, 15) is 0 Å². The van der Waals surface area contributed by atoms with E-state index >= 15 is 0 Å².